The first-order valence-corrected chi connectivity index (χ1v) is 12.5. The van der Waals surface area contributed by atoms with Crippen LogP contribution < -0.4 is 29.2 Å². The summed E-state index contributed by atoms with van der Waals surface area (Å²) < 4.78 is 26.7. The quantitative estimate of drug-likeness (QED) is 0.296. The Hall–Kier alpha value is -1.19. The number of nitrogens with two attached hydrogens (primary N) is 1. The van der Waals surface area contributed by atoms with Gasteiger partial charge in [-0.05, 0) is 80.5 Å². The van der Waals surface area contributed by atoms with Gasteiger partial charge in [0, 0.05) is 18.8 Å². The molecule has 1 amide bonds. The molecule has 9 heteroatoms. The van der Waals surface area contributed by atoms with Crippen molar-refractivity contribution in [3.05, 3.63) is 35.6 Å². The number of halogens is 2. The Kier molecular flexibility index (Phi) is 8.73. The highest BCUT2D eigenvalue weighted by molar-refractivity contribution is 6.47. The zero-order chi connectivity index (χ0) is 23.8. The molecular formula is C25H40BClFN3O3. The van der Waals surface area contributed by atoms with E-state index in [0.717, 1.165) is 31.2 Å². The Bertz CT molecular complexity index is 845. The summed E-state index contributed by atoms with van der Waals surface area (Å²) in [5, 5.41) is 3.08. The first kappa shape index (κ1) is 27.4. The molecule has 1 unspecified atom stereocenters. The molecule has 1 aromatic rings. The Labute approximate surface area is 209 Å². The number of hydrogen-bond acceptors (Lipinski definition) is 4. The van der Waals surface area contributed by atoms with Gasteiger partial charge in [-0.1, -0.05) is 26.0 Å². The van der Waals surface area contributed by atoms with Crippen molar-refractivity contribution in [2.45, 2.75) is 82.9 Å². The smallest absolute Gasteiger partial charge is 0.463 e. The fourth-order valence-electron chi connectivity index (χ4n) is 6.33. The molecule has 0 spiro atoms. The fourth-order valence-corrected chi connectivity index (χ4v) is 6.33. The van der Waals surface area contributed by atoms with Gasteiger partial charge in [0.05, 0.1) is 11.7 Å². The van der Waals surface area contributed by atoms with E-state index in [-0.39, 0.29) is 53.1 Å². The van der Waals surface area contributed by atoms with Crippen LogP contribution in [0.2, 0.25) is 5.82 Å². The molecule has 3 aliphatic carbocycles. The molecule has 2 bridgehead atoms. The second-order valence-corrected chi connectivity index (χ2v) is 11.2. The summed E-state index contributed by atoms with van der Waals surface area (Å²) in [6.07, 6.45) is 5.46. The molecule has 1 heterocycles. The lowest BCUT2D eigenvalue weighted by molar-refractivity contribution is -0.405. The second-order valence-electron chi connectivity index (χ2n) is 11.2. The minimum atomic E-state index is -0.402. The molecule has 3 saturated carbocycles. The number of amides is 1. The average Bonchev–Trinajstić information content (AvgIpc) is 3.14. The van der Waals surface area contributed by atoms with Gasteiger partial charge in [0.1, 0.15) is 5.82 Å². The van der Waals surface area contributed by atoms with Crippen LogP contribution in [-0.4, -0.2) is 43.9 Å². The Morgan fingerprint density at radius 2 is 1.97 bits per heavy atom. The minimum absolute atomic E-state index is 0. The maximum atomic E-state index is 13.4. The number of hydrogen-bond donors (Lipinski definition) is 3. The van der Waals surface area contributed by atoms with E-state index in [1.807, 2.05) is 0 Å². The lowest BCUT2D eigenvalue weighted by atomic mass is 9.43. The van der Waals surface area contributed by atoms with Crippen LogP contribution in [0.4, 0.5) is 4.39 Å². The van der Waals surface area contributed by atoms with Gasteiger partial charge >= 0.3 is 7.12 Å². The van der Waals surface area contributed by atoms with Gasteiger partial charge in [0.25, 0.3) is 5.91 Å². The van der Waals surface area contributed by atoms with E-state index in [1.165, 1.54) is 18.6 Å². The summed E-state index contributed by atoms with van der Waals surface area (Å²) in [4.78, 5) is 12.7. The molecule has 1 saturated heterocycles. The zero-order valence-corrected chi connectivity index (χ0v) is 21.5. The molecule has 4 fully saturated rings. The van der Waals surface area contributed by atoms with Gasteiger partial charge in [0.15, 0.2) is 6.04 Å². The number of rotatable bonds is 10. The zero-order valence-electron chi connectivity index (χ0n) is 20.7. The third-order valence-corrected chi connectivity index (χ3v) is 8.68. The second kappa shape index (κ2) is 10.8. The molecule has 5 rings (SSSR count). The van der Waals surface area contributed by atoms with Crippen molar-refractivity contribution in [2.75, 3.05) is 13.1 Å². The minimum Gasteiger partial charge on any atom is -1.00 e. The third kappa shape index (κ3) is 5.31. The SMILES string of the molecule is CC1(C)[C@H]2C[C@@H]3OB(C(CNC(=O)[C@@H]([NH3+])CCCCN)Cc4ccc(F)cc4)O[C@]3(C)[C@@H]1C2.[Cl-]. The highest BCUT2D eigenvalue weighted by atomic mass is 35.5. The molecule has 6 nitrogen and oxygen atoms in total. The van der Waals surface area contributed by atoms with Gasteiger partial charge in [-0.15, -0.1) is 0 Å². The molecule has 34 heavy (non-hydrogen) atoms. The molecule has 0 aromatic heterocycles. The van der Waals surface area contributed by atoms with E-state index in [1.54, 1.807) is 12.1 Å². The van der Waals surface area contributed by atoms with Crippen LogP contribution in [0.1, 0.15) is 58.4 Å². The van der Waals surface area contributed by atoms with Crippen molar-refractivity contribution >= 4 is 13.0 Å². The van der Waals surface area contributed by atoms with Crippen molar-refractivity contribution in [3.8, 4) is 0 Å². The highest BCUT2D eigenvalue weighted by Gasteiger charge is 2.68. The number of nitrogens with one attached hydrogen (secondary N) is 1. The van der Waals surface area contributed by atoms with Crippen LogP contribution in [0.15, 0.2) is 24.3 Å². The lowest BCUT2D eigenvalue weighted by Crippen LogP contribution is -3.00. The van der Waals surface area contributed by atoms with E-state index in [4.69, 9.17) is 15.0 Å². The first-order chi connectivity index (χ1) is 15.6. The third-order valence-electron chi connectivity index (χ3n) is 8.68. The Morgan fingerprint density at radius 3 is 2.62 bits per heavy atom. The van der Waals surface area contributed by atoms with Gasteiger partial charge in [0.2, 0.25) is 0 Å². The topological polar surface area (TPSA) is 101 Å². The van der Waals surface area contributed by atoms with E-state index >= 15 is 0 Å². The largest absolute Gasteiger partial charge is 1.00 e. The maximum absolute atomic E-state index is 13.4. The monoisotopic (exact) mass is 495 g/mol. The highest BCUT2D eigenvalue weighted by Crippen LogP contribution is 2.66. The fraction of sp³-hybridized carbons (Fsp3) is 0.720. The standard InChI is InChI=1S/C25H39BFN3O3.ClH/c1-24(2)17-13-21(24)25(3)22(14-17)32-26(33-25)18(12-16-7-9-19(27)10-8-16)15-30-23(31)20(29)6-4-5-11-28;/h7-10,17-18,20-22H,4-6,11-15,28-29H2,1-3H3,(H,30,31);1H/t17-,18?,20+,21-,22+,25-;/m1./s1. The van der Waals surface area contributed by atoms with Crippen LogP contribution in [-0.2, 0) is 20.5 Å². The summed E-state index contributed by atoms with van der Waals surface area (Å²) in [6, 6.07) is 6.24. The van der Waals surface area contributed by atoms with Crippen LogP contribution in [0.25, 0.3) is 0 Å². The molecule has 0 radical (unpaired) electrons. The molecule has 190 valence electrons. The predicted octanol–water partition coefficient (Wildman–Crippen LogP) is -0.674. The van der Waals surface area contributed by atoms with Crippen molar-refractivity contribution in [1.82, 2.24) is 5.32 Å². The van der Waals surface area contributed by atoms with E-state index in [0.29, 0.717) is 31.3 Å². The first-order valence-electron chi connectivity index (χ1n) is 12.5. The Morgan fingerprint density at radius 1 is 1.26 bits per heavy atom. The summed E-state index contributed by atoms with van der Waals surface area (Å²) in [7, 11) is -0.402. The number of benzene rings is 1. The Balaban J connectivity index is 0.00000324. The average molecular weight is 496 g/mol. The van der Waals surface area contributed by atoms with Gasteiger partial charge in [-0.25, -0.2) is 4.39 Å². The molecule has 6 atom stereocenters. The molecule has 1 aliphatic heterocycles. The van der Waals surface area contributed by atoms with E-state index in [9.17, 15) is 9.18 Å². The van der Waals surface area contributed by atoms with Crippen LogP contribution in [0.3, 0.4) is 0 Å². The summed E-state index contributed by atoms with van der Waals surface area (Å²) in [5.74, 6) is 0.777. The van der Waals surface area contributed by atoms with Gasteiger partial charge < -0.3 is 38.5 Å². The number of carbonyl (C=O) groups is 1. The van der Waals surface area contributed by atoms with Crippen LogP contribution in [0, 0.1) is 23.1 Å². The van der Waals surface area contributed by atoms with Crippen LogP contribution in [0.5, 0.6) is 0 Å². The lowest BCUT2D eigenvalue weighted by Gasteiger charge is -2.64. The molecule has 4 aliphatic rings. The summed E-state index contributed by atoms with van der Waals surface area (Å²) >= 11 is 0. The van der Waals surface area contributed by atoms with Gasteiger partial charge in [-0.3, -0.25) is 4.79 Å². The van der Waals surface area contributed by atoms with Gasteiger partial charge in [-0.2, -0.15) is 0 Å². The van der Waals surface area contributed by atoms with Crippen molar-refractivity contribution in [3.63, 3.8) is 0 Å². The van der Waals surface area contributed by atoms with E-state index in [2.05, 4.69) is 31.8 Å². The molecular weight excluding hydrogens is 456 g/mol. The number of unbranched alkanes of at least 4 members (excludes halogenated alkanes) is 1. The predicted molar refractivity (Wildman–Crippen MR) is 127 cm³/mol. The van der Waals surface area contributed by atoms with E-state index < -0.39 is 7.12 Å². The molecule has 1 aromatic carbocycles. The van der Waals surface area contributed by atoms with Crippen molar-refractivity contribution in [2.24, 2.45) is 23.0 Å². The molecule has 6 N–H and O–H groups in total. The summed E-state index contributed by atoms with van der Waals surface area (Å²) in [6.45, 7) is 7.96. The van der Waals surface area contributed by atoms with Crippen LogP contribution >= 0.6 is 0 Å². The number of quaternary nitrogens is 1. The normalized spacial score (nSPS) is 30.5. The van der Waals surface area contributed by atoms with Crippen molar-refractivity contribution < 1.29 is 36.6 Å². The summed E-state index contributed by atoms with van der Waals surface area (Å²) in [5.41, 5.74) is 10.6. The number of carbonyl (C=O) groups excluding carboxylic acids is 1. The van der Waals surface area contributed by atoms with Crippen molar-refractivity contribution in [1.29, 1.82) is 0 Å². The maximum Gasteiger partial charge on any atom is 0.463 e.